The Hall–Kier alpha value is -2.19. The van der Waals surface area contributed by atoms with Gasteiger partial charge in [0.15, 0.2) is 5.78 Å². The number of hydrogen-bond acceptors (Lipinski definition) is 4. The molecule has 0 aliphatic carbocycles. The molecule has 0 spiro atoms. The van der Waals surface area contributed by atoms with Gasteiger partial charge in [0.2, 0.25) is 5.91 Å². The average Bonchev–Trinajstić information content (AvgIpc) is 2.87. The third-order valence-electron chi connectivity index (χ3n) is 3.38. The predicted molar refractivity (Wildman–Crippen MR) is 69.2 cm³/mol. The lowest BCUT2D eigenvalue weighted by atomic mass is 10.1. The van der Waals surface area contributed by atoms with Crippen LogP contribution < -0.4 is 5.73 Å². The molecular weight excluding hydrogens is 242 g/mol. The third-order valence-corrected chi connectivity index (χ3v) is 3.38. The molecule has 1 atom stereocenters. The van der Waals surface area contributed by atoms with Crippen molar-refractivity contribution in [2.45, 2.75) is 6.42 Å². The second-order valence-corrected chi connectivity index (χ2v) is 4.74. The van der Waals surface area contributed by atoms with Crippen LogP contribution in [0.5, 0.6) is 0 Å². The number of benzene rings is 1. The standard InChI is InChI=1S/C14H15N3O2/c15-7-10-1-3-11(4-2-10)13(18)9-17-6-5-12(8-17)14(16)19/h1-4,12H,5-6,8-9H2,(H2,16,19). The van der Waals surface area contributed by atoms with Gasteiger partial charge in [-0.15, -0.1) is 0 Å². The second kappa shape index (κ2) is 5.63. The lowest BCUT2D eigenvalue weighted by molar-refractivity contribution is -0.121. The molecule has 5 nitrogen and oxygen atoms in total. The first-order chi connectivity index (χ1) is 9.10. The van der Waals surface area contributed by atoms with Crippen molar-refractivity contribution >= 4 is 11.7 Å². The molecule has 2 N–H and O–H groups in total. The lowest BCUT2D eigenvalue weighted by Gasteiger charge is -2.14. The predicted octanol–water partition coefficient (Wildman–Crippen LogP) is 0.548. The van der Waals surface area contributed by atoms with Gasteiger partial charge in [0.25, 0.3) is 0 Å². The van der Waals surface area contributed by atoms with Crippen LogP contribution in [0.25, 0.3) is 0 Å². The van der Waals surface area contributed by atoms with E-state index >= 15 is 0 Å². The van der Waals surface area contributed by atoms with Crippen molar-refractivity contribution in [2.24, 2.45) is 11.7 Å². The molecule has 1 aliphatic rings. The van der Waals surface area contributed by atoms with E-state index in [1.54, 1.807) is 24.3 Å². The van der Waals surface area contributed by atoms with Crippen LogP contribution in [0.2, 0.25) is 0 Å². The SMILES string of the molecule is N#Cc1ccc(C(=O)CN2CCC(C(N)=O)C2)cc1. The van der Waals surface area contributed by atoms with Gasteiger partial charge in [0.05, 0.1) is 24.1 Å². The Morgan fingerprint density at radius 2 is 2.05 bits per heavy atom. The van der Waals surface area contributed by atoms with E-state index in [-0.39, 0.29) is 24.2 Å². The topological polar surface area (TPSA) is 87.2 Å². The third kappa shape index (κ3) is 3.18. The maximum atomic E-state index is 12.0. The lowest BCUT2D eigenvalue weighted by Crippen LogP contribution is -2.31. The molecule has 2 rings (SSSR count). The van der Waals surface area contributed by atoms with E-state index < -0.39 is 0 Å². The van der Waals surface area contributed by atoms with E-state index in [0.717, 1.165) is 13.0 Å². The van der Waals surface area contributed by atoms with Crippen LogP contribution >= 0.6 is 0 Å². The maximum absolute atomic E-state index is 12.0. The minimum absolute atomic E-state index is 0.00499. The van der Waals surface area contributed by atoms with Crippen LogP contribution in [0.1, 0.15) is 22.3 Å². The van der Waals surface area contributed by atoms with Gasteiger partial charge in [0, 0.05) is 12.1 Å². The summed E-state index contributed by atoms with van der Waals surface area (Å²) in [5.41, 5.74) is 6.37. The van der Waals surface area contributed by atoms with Gasteiger partial charge in [-0.3, -0.25) is 14.5 Å². The Morgan fingerprint density at radius 3 is 2.58 bits per heavy atom. The van der Waals surface area contributed by atoms with Crippen LogP contribution in [-0.4, -0.2) is 36.2 Å². The van der Waals surface area contributed by atoms with Crippen LogP contribution in [-0.2, 0) is 4.79 Å². The zero-order valence-corrected chi connectivity index (χ0v) is 10.5. The minimum atomic E-state index is -0.298. The number of carbonyl (C=O) groups is 2. The minimum Gasteiger partial charge on any atom is -0.369 e. The van der Waals surface area contributed by atoms with E-state index in [1.165, 1.54) is 0 Å². The smallest absolute Gasteiger partial charge is 0.221 e. The Balaban J connectivity index is 1.94. The summed E-state index contributed by atoms with van der Waals surface area (Å²) in [6.07, 6.45) is 0.718. The van der Waals surface area contributed by atoms with Crippen molar-refractivity contribution in [1.29, 1.82) is 5.26 Å². The molecule has 1 aromatic rings. The normalized spacial score (nSPS) is 19.0. The molecule has 0 saturated carbocycles. The highest BCUT2D eigenvalue weighted by atomic mass is 16.1. The highest BCUT2D eigenvalue weighted by Crippen LogP contribution is 2.16. The number of rotatable bonds is 4. The first-order valence-corrected chi connectivity index (χ1v) is 6.15. The van der Waals surface area contributed by atoms with Crippen LogP contribution in [0.15, 0.2) is 24.3 Å². The van der Waals surface area contributed by atoms with E-state index in [0.29, 0.717) is 17.7 Å². The van der Waals surface area contributed by atoms with Gasteiger partial charge in [0.1, 0.15) is 0 Å². The fraction of sp³-hybridized carbons (Fsp3) is 0.357. The number of nitrogens with two attached hydrogens (primary N) is 1. The van der Waals surface area contributed by atoms with Crippen LogP contribution in [0, 0.1) is 17.2 Å². The molecule has 1 amide bonds. The van der Waals surface area contributed by atoms with Crippen LogP contribution in [0.3, 0.4) is 0 Å². The average molecular weight is 257 g/mol. The summed E-state index contributed by atoms with van der Waals surface area (Å²) in [6.45, 7) is 1.56. The molecule has 1 fully saturated rings. The zero-order valence-electron chi connectivity index (χ0n) is 10.5. The van der Waals surface area contributed by atoms with Gasteiger partial charge in [-0.05, 0) is 25.1 Å². The van der Waals surface area contributed by atoms with E-state index in [2.05, 4.69) is 0 Å². The van der Waals surface area contributed by atoms with Gasteiger partial charge in [-0.1, -0.05) is 12.1 Å². The monoisotopic (exact) mass is 257 g/mol. The summed E-state index contributed by atoms with van der Waals surface area (Å²) < 4.78 is 0. The summed E-state index contributed by atoms with van der Waals surface area (Å²) in [5, 5.41) is 8.69. The summed E-state index contributed by atoms with van der Waals surface area (Å²) in [6, 6.07) is 8.58. The molecule has 0 bridgehead atoms. The van der Waals surface area contributed by atoms with Gasteiger partial charge < -0.3 is 5.73 Å². The molecule has 0 radical (unpaired) electrons. The number of likely N-dealkylation sites (tertiary alicyclic amines) is 1. The number of carbonyl (C=O) groups excluding carboxylic acids is 2. The number of nitrogens with zero attached hydrogens (tertiary/aromatic N) is 2. The number of amides is 1. The van der Waals surface area contributed by atoms with E-state index in [4.69, 9.17) is 11.0 Å². The number of primary amides is 1. The van der Waals surface area contributed by atoms with Crippen LogP contribution in [0.4, 0.5) is 0 Å². The second-order valence-electron chi connectivity index (χ2n) is 4.74. The number of ketones is 1. The molecular formula is C14H15N3O2. The molecule has 0 aromatic heterocycles. The van der Waals surface area contributed by atoms with Gasteiger partial charge in [-0.25, -0.2) is 0 Å². The van der Waals surface area contributed by atoms with Crippen molar-refractivity contribution in [3.63, 3.8) is 0 Å². The van der Waals surface area contributed by atoms with Crippen molar-refractivity contribution in [3.8, 4) is 6.07 Å². The first kappa shape index (κ1) is 13.2. The molecule has 1 heterocycles. The molecule has 1 unspecified atom stereocenters. The molecule has 98 valence electrons. The molecule has 5 heteroatoms. The van der Waals surface area contributed by atoms with Crippen molar-refractivity contribution in [1.82, 2.24) is 4.90 Å². The number of Topliss-reactive ketones (excluding diaryl/α,β-unsaturated/α-hetero) is 1. The van der Waals surface area contributed by atoms with E-state index in [9.17, 15) is 9.59 Å². The van der Waals surface area contributed by atoms with Crippen molar-refractivity contribution < 1.29 is 9.59 Å². The molecule has 19 heavy (non-hydrogen) atoms. The molecule has 1 aromatic carbocycles. The van der Waals surface area contributed by atoms with Gasteiger partial charge in [-0.2, -0.15) is 5.26 Å². The van der Waals surface area contributed by atoms with Gasteiger partial charge >= 0.3 is 0 Å². The zero-order chi connectivity index (χ0) is 13.8. The van der Waals surface area contributed by atoms with Crippen molar-refractivity contribution in [2.75, 3.05) is 19.6 Å². The highest BCUT2D eigenvalue weighted by Gasteiger charge is 2.27. The fourth-order valence-corrected chi connectivity index (χ4v) is 2.23. The maximum Gasteiger partial charge on any atom is 0.221 e. The largest absolute Gasteiger partial charge is 0.369 e. The summed E-state index contributed by atoms with van der Waals surface area (Å²) in [5.74, 6) is -0.448. The first-order valence-electron chi connectivity index (χ1n) is 6.15. The number of nitriles is 1. The highest BCUT2D eigenvalue weighted by molar-refractivity contribution is 5.97. The molecule has 1 aliphatic heterocycles. The number of hydrogen-bond donors (Lipinski definition) is 1. The summed E-state index contributed by atoms with van der Waals surface area (Å²) >= 11 is 0. The Morgan fingerprint density at radius 1 is 1.37 bits per heavy atom. The Labute approximate surface area is 111 Å². The van der Waals surface area contributed by atoms with E-state index in [1.807, 2.05) is 11.0 Å². The quantitative estimate of drug-likeness (QED) is 0.798. The Bertz CT molecular complexity index is 531. The summed E-state index contributed by atoms with van der Waals surface area (Å²) in [4.78, 5) is 25.0. The Kier molecular flexibility index (Phi) is 3.93. The fourth-order valence-electron chi connectivity index (χ4n) is 2.23. The molecule has 1 saturated heterocycles. The summed E-state index contributed by atoms with van der Waals surface area (Å²) in [7, 11) is 0. The van der Waals surface area contributed by atoms with Crippen molar-refractivity contribution in [3.05, 3.63) is 35.4 Å².